The molecule has 1 fully saturated rings. The molecule has 1 aliphatic heterocycles. The van der Waals surface area contributed by atoms with Crippen LogP contribution in [0.1, 0.15) is 19.8 Å². The van der Waals surface area contributed by atoms with Gasteiger partial charge in [-0.05, 0) is 31.9 Å². The van der Waals surface area contributed by atoms with Crippen LogP contribution in [-0.4, -0.2) is 29.1 Å². The standard InChI is InChI=1S/C17H19N3O3/c1-17(8-5-9-22-12-17)15(21)20-16-18-10-14(11-19-16)23-13-6-3-2-4-7-13/h2-4,6-7,10-11H,5,8-9,12H2,1H3,(H,18,19,20,21). The van der Waals surface area contributed by atoms with E-state index in [1.165, 1.54) is 12.4 Å². The Hall–Kier alpha value is -2.47. The lowest BCUT2D eigenvalue weighted by atomic mass is 9.84. The van der Waals surface area contributed by atoms with Gasteiger partial charge in [-0.1, -0.05) is 18.2 Å². The van der Waals surface area contributed by atoms with E-state index in [0.717, 1.165) is 12.8 Å². The van der Waals surface area contributed by atoms with Crippen molar-refractivity contribution < 1.29 is 14.3 Å². The first-order valence-electron chi connectivity index (χ1n) is 7.60. The largest absolute Gasteiger partial charge is 0.454 e. The van der Waals surface area contributed by atoms with E-state index in [0.29, 0.717) is 24.7 Å². The number of rotatable bonds is 4. The molecule has 1 atom stereocenters. The highest BCUT2D eigenvalue weighted by atomic mass is 16.5. The second kappa shape index (κ2) is 6.75. The molecular weight excluding hydrogens is 294 g/mol. The Morgan fingerprint density at radius 1 is 1.22 bits per heavy atom. The summed E-state index contributed by atoms with van der Waals surface area (Å²) in [7, 11) is 0. The average Bonchev–Trinajstić information content (AvgIpc) is 2.58. The van der Waals surface area contributed by atoms with E-state index >= 15 is 0 Å². The highest BCUT2D eigenvalue weighted by Gasteiger charge is 2.35. The number of nitrogens with zero attached hydrogens (tertiary/aromatic N) is 2. The molecule has 2 heterocycles. The zero-order chi connectivity index (χ0) is 16.1. The van der Waals surface area contributed by atoms with E-state index in [2.05, 4.69) is 15.3 Å². The van der Waals surface area contributed by atoms with Gasteiger partial charge in [0.2, 0.25) is 11.9 Å². The van der Waals surface area contributed by atoms with Gasteiger partial charge in [-0.15, -0.1) is 0 Å². The van der Waals surface area contributed by atoms with Gasteiger partial charge in [0.1, 0.15) is 5.75 Å². The van der Waals surface area contributed by atoms with E-state index in [-0.39, 0.29) is 11.9 Å². The number of ether oxygens (including phenoxy) is 2. The van der Waals surface area contributed by atoms with Crippen LogP contribution < -0.4 is 10.1 Å². The van der Waals surface area contributed by atoms with Crippen molar-refractivity contribution in [3.05, 3.63) is 42.7 Å². The highest BCUT2D eigenvalue weighted by molar-refractivity contribution is 5.93. The first kappa shape index (κ1) is 15.4. The van der Waals surface area contributed by atoms with Crippen molar-refractivity contribution in [2.45, 2.75) is 19.8 Å². The summed E-state index contributed by atoms with van der Waals surface area (Å²) in [6.45, 7) is 3.04. The van der Waals surface area contributed by atoms with Crippen molar-refractivity contribution in [2.75, 3.05) is 18.5 Å². The molecule has 0 saturated carbocycles. The summed E-state index contributed by atoms with van der Waals surface area (Å²) in [6, 6.07) is 9.38. The van der Waals surface area contributed by atoms with Gasteiger partial charge in [0.05, 0.1) is 24.4 Å². The molecule has 1 aromatic heterocycles. The molecule has 1 aromatic carbocycles. The fourth-order valence-electron chi connectivity index (χ4n) is 2.42. The Morgan fingerprint density at radius 2 is 1.96 bits per heavy atom. The Morgan fingerprint density at radius 3 is 2.61 bits per heavy atom. The topological polar surface area (TPSA) is 73.3 Å². The van der Waals surface area contributed by atoms with Crippen LogP contribution in [0, 0.1) is 5.41 Å². The van der Waals surface area contributed by atoms with Crippen LogP contribution in [0.4, 0.5) is 5.95 Å². The van der Waals surface area contributed by atoms with Crippen LogP contribution >= 0.6 is 0 Å². The minimum atomic E-state index is -0.527. The van der Waals surface area contributed by atoms with Gasteiger partial charge in [0, 0.05) is 6.61 Å². The van der Waals surface area contributed by atoms with Crippen LogP contribution in [0.15, 0.2) is 42.7 Å². The molecule has 1 N–H and O–H groups in total. The normalized spacial score (nSPS) is 20.7. The molecule has 3 rings (SSSR count). The molecule has 0 spiro atoms. The minimum absolute atomic E-state index is 0.117. The van der Waals surface area contributed by atoms with Gasteiger partial charge in [-0.2, -0.15) is 0 Å². The third kappa shape index (κ3) is 3.84. The molecule has 2 aromatic rings. The summed E-state index contributed by atoms with van der Waals surface area (Å²) in [5.41, 5.74) is -0.527. The minimum Gasteiger partial charge on any atom is -0.454 e. The number of nitrogens with one attached hydrogen (secondary N) is 1. The Bertz CT molecular complexity index is 653. The third-order valence-electron chi connectivity index (χ3n) is 3.82. The summed E-state index contributed by atoms with van der Waals surface area (Å²) >= 11 is 0. The molecule has 6 heteroatoms. The van der Waals surface area contributed by atoms with Crippen LogP contribution in [0.25, 0.3) is 0 Å². The second-order valence-electron chi connectivity index (χ2n) is 5.83. The van der Waals surface area contributed by atoms with Crippen molar-refractivity contribution >= 4 is 11.9 Å². The monoisotopic (exact) mass is 313 g/mol. The van der Waals surface area contributed by atoms with E-state index in [9.17, 15) is 4.79 Å². The van der Waals surface area contributed by atoms with Gasteiger partial charge in [0.25, 0.3) is 0 Å². The fourth-order valence-corrected chi connectivity index (χ4v) is 2.42. The fraction of sp³-hybridized carbons (Fsp3) is 0.353. The number of para-hydroxylation sites is 1. The maximum atomic E-state index is 12.4. The first-order chi connectivity index (χ1) is 11.2. The molecule has 0 aliphatic carbocycles. The third-order valence-corrected chi connectivity index (χ3v) is 3.82. The van der Waals surface area contributed by atoms with E-state index < -0.39 is 5.41 Å². The number of carbonyl (C=O) groups excluding carboxylic acids is 1. The maximum Gasteiger partial charge on any atom is 0.235 e. The molecule has 6 nitrogen and oxygen atoms in total. The number of benzene rings is 1. The predicted octanol–water partition coefficient (Wildman–Crippen LogP) is 3.02. The van der Waals surface area contributed by atoms with E-state index in [1.54, 1.807) is 0 Å². The lowest BCUT2D eigenvalue weighted by Crippen LogP contribution is -2.40. The summed E-state index contributed by atoms with van der Waals surface area (Å²) in [6.07, 6.45) is 4.76. The number of anilines is 1. The summed E-state index contributed by atoms with van der Waals surface area (Å²) in [5.74, 6) is 1.37. The van der Waals surface area contributed by atoms with Crippen molar-refractivity contribution in [1.82, 2.24) is 9.97 Å². The van der Waals surface area contributed by atoms with Crippen molar-refractivity contribution in [3.8, 4) is 11.5 Å². The maximum absolute atomic E-state index is 12.4. The van der Waals surface area contributed by atoms with Crippen LogP contribution in [0.2, 0.25) is 0 Å². The molecule has 0 radical (unpaired) electrons. The molecule has 120 valence electrons. The van der Waals surface area contributed by atoms with Crippen molar-refractivity contribution in [2.24, 2.45) is 5.41 Å². The zero-order valence-corrected chi connectivity index (χ0v) is 13.0. The smallest absolute Gasteiger partial charge is 0.235 e. The highest BCUT2D eigenvalue weighted by Crippen LogP contribution is 2.29. The Balaban J connectivity index is 1.62. The quantitative estimate of drug-likeness (QED) is 0.939. The zero-order valence-electron chi connectivity index (χ0n) is 13.0. The first-order valence-corrected chi connectivity index (χ1v) is 7.60. The molecule has 0 bridgehead atoms. The molecule has 23 heavy (non-hydrogen) atoms. The number of aromatic nitrogens is 2. The van der Waals surface area contributed by atoms with Crippen molar-refractivity contribution in [3.63, 3.8) is 0 Å². The molecule has 1 unspecified atom stereocenters. The van der Waals surface area contributed by atoms with Gasteiger partial charge in [-0.25, -0.2) is 9.97 Å². The SMILES string of the molecule is CC1(C(=O)Nc2ncc(Oc3ccccc3)cn2)CCCOC1. The van der Waals surface area contributed by atoms with Gasteiger partial charge < -0.3 is 9.47 Å². The molecular formula is C17H19N3O3. The Kier molecular flexibility index (Phi) is 4.52. The number of hydrogen-bond acceptors (Lipinski definition) is 5. The van der Waals surface area contributed by atoms with Gasteiger partial charge >= 0.3 is 0 Å². The number of amides is 1. The van der Waals surface area contributed by atoms with E-state index in [4.69, 9.17) is 9.47 Å². The van der Waals surface area contributed by atoms with Crippen LogP contribution in [0.5, 0.6) is 11.5 Å². The molecule has 1 saturated heterocycles. The van der Waals surface area contributed by atoms with Crippen LogP contribution in [-0.2, 0) is 9.53 Å². The lowest BCUT2D eigenvalue weighted by molar-refractivity contribution is -0.131. The number of carbonyl (C=O) groups is 1. The van der Waals surface area contributed by atoms with Crippen LogP contribution in [0.3, 0.4) is 0 Å². The summed E-state index contributed by atoms with van der Waals surface area (Å²) in [5, 5.41) is 2.75. The van der Waals surface area contributed by atoms with E-state index in [1.807, 2.05) is 37.3 Å². The predicted molar refractivity (Wildman–Crippen MR) is 85.3 cm³/mol. The second-order valence-corrected chi connectivity index (χ2v) is 5.83. The average molecular weight is 313 g/mol. The lowest BCUT2D eigenvalue weighted by Gasteiger charge is -2.31. The molecule has 1 amide bonds. The number of hydrogen-bond donors (Lipinski definition) is 1. The molecule has 1 aliphatic rings. The van der Waals surface area contributed by atoms with Gasteiger partial charge in [0.15, 0.2) is 5.75 Å². The summed E-state index contributed by atoms with van der Waals surface area (Å²) < 4.78 is 11.0. The Labute approximate surface area is 134 Å². The van der Waals surface area contributed by atoms with Crippen molar-refractivity contribution in [1.29, 1.82) is 0 Å². The summed E-state index contributed by atoms with van der Waals surface area (Å²) in [4.78, 5) is 20.6. The van der Waals surface area contributed by atoms with Gasteiger partial charge in [-0.3, -0.25) is 10.1 Å².